The van der Waals surface area contributed by atoms with Crippen molar-refractivity contribution < 1.29 is 13.9 Å². The Hall–Kier alpha value is -0.940. The van der Waals surface area contributed by atoms with Crippen molar-refractivity contribution in [3.63, 3.8) is 0 Å². The van der Waals surface area contributed by atoms with Crippen LogP contribution < -0.4 is 5.32 Å². The molecule has 1 saturated heterocycles. The highest BCUT2D eigenvalue weighted by atomic mass is 32.2. The Morgan fingerprint density at radius 3 is 3.17 bits per heavy atom. The molecule has 0 saturated carbocycles. The molecule has 0 amide bonds. The predicted molar refractivity (Wildman–Crippen MR) is 72.0 cm³/mol. The van der Waals surface area contributed by atoms with Crippen molar-refractivity contribution in [3.05, 3.63) is 23.2 Å². The molecule has 1 aromatic heterocycles. The fourth-order valence-corrected chi connectivity index (χ4v) is 3.20. The Morgan fingerprint density at radius 2 is 2.50 bits per heavy atom. The SMILES string of the molecule is COC(=O)c1cc(CN[C@@H]2CCCSC2)oc1C. The number of methoxy groups -OCH3 is 1. The van der Waals surface area contributed by atoms with Crippen LogP contribution in [0.5, 0.6) is 0 Å². The first-order valence-electron chi connectivity index (χ1n) is 6.19. The minimum absolute atomic E-state index is 0.337. The monoisotopic (exact) mass is 269 g/mol. The molecule has 1 aliphatic rings. The molecule has 0 spiro atoms. The Balaban J connectivity index is 1.91. The third kappa shape index (κ3) is 3.29. The zero-order valence-corrected chi connectivity index (χ0v) is 11.6. The van der Waals surface area contributed by atoms with Gasteiger partial charge in [-0.2, -0.15) is 11.8 Å². The van der Waals surface area contributed by atoms with E-state index in [9.17, 15) is 4.79 Å². The lowest BCUT2D eigenvalue weighted by atomic mass is 10.2. The maximum absolute atomic E-state index is 11.4. The topological polar surface area (TPSA) is 51.5 Å². The quantitative estimate of drug-likeness (QED) is 0.850. The number of ether oxygens (including phenoxy) is 1. The third-order valence-electron chi connectivity index (χ3n) is 3.10. The van der Waals surface area contributed by atoms with Gasteiger partial charge in [0.25, 0.3) is 0 Å². The maximum Gasteiger partial charge on any atom is 0.341 e. The van der Waals surface area contributed by atoms with Crippen molar-refractivity contribution in [2.45, 2.75) is 32.4 Å². The van der Waals surface area contributed by atoms with Crippen molar-refractivity contribution >= 4 is 17.7 Å². The molecule has 0 unspecified atom stereocenters. The summed E-state index contributed by atoms with van der Waals surface area (Å²) in [7, 11) is 1.38. The number of esters is 1. The van der Waals surface area contributed by atoms with Crippen LogP contribution in [-0.2, 0) is 11.3 Å². The van der Waals surface area contributed by atoms with Gasteiger partial charge in [0.1, 0.15) is 17.1 Å². The number of furan rings is 1. The number of carbonyl (C=O) groups excluding carboxylic acids is 1. The van der Waals surface area contributed by atoms with E-state index in [2.05, 4.69) is 5.32 Å². The summed E-state index contributed by atoms with van der Waals surface area (Å²) in [5.41, 5.74) is 0.521. The number of hydrogen-bond acceptors (Lipinski definition) is 5. The maximum atomic E-state index is 11.4. The van der Waals surface area contributed by atoms with Gasteiger partial charge in [-0.05, 0) is 31.6 Å². The lowest BCUT2D eigenvalue weighted by molar-refractivity contribution is 0.0599. The average molecular weight is 269 g/mol. The molecule has 1 atom stereocenters. The molecule has 1 aromatic rings. The van der Waals surface area contributed by atoms with E-state index >= 15 is 0 Å². The van der Waals surface area contributed by atoms with E-state index in [0.29, 0.717) is 23.9 Å². The van der Waals surface area contributed by atoms with E-state index in [1.165, 1.54) is 25.7 Å². The van der Waals surface area contributed by atoms with Crippen LogP contribution in [0.25, 0.3) is 0 Å². The summed E-state index contributed by atoms with van der Waals surface area (Å²) in [5.74, 6) is 3.50. The van der Waals surface area contributed by atoms with Gasteiger partial charge in [-0.3, -0.25) is 0 Å². The van der Waals surface area contributed by atoms with Gasteiger partial charge >= 0.3 is 5.97 Å². The van der Waals surface area contributed by atoms with Crippen molar-refractivity contribution in [2.75, 3.05) is 18.6 Å². The highest BCUT2D eigenvalue weighted by molar-refractivity contribution is 7.99. The van der Waals surface area contributed by atoms with Gasteiger partial charge in [0.2, 0.25) is 0 Å². The molecular formula is C13H19NO3S. The fraction of sp³-hybridized carbons (Fsp3) is 0.615. The predicted octanol–water partition coefficient (Wildman–Crippen LogP) is 2.36. The van der Waals surface area contributed by atoms with Gasteiger partial charge in [0, 0.05) is 11.8 Å². The second kappa shape index (κ2) is 6.29. The standard InChI is InChI=1S/C13H19NO3S/c1-9-12(13(15)16-2)6-11(17-9)7-14-10-4-3-5-18-8-10/h6,10,14H,3-5,7-8H2,1-2H3/t10-/m1/s1. The minimum Gasteiger partial charge on any atom is -0.465 e. The van der Waals surface area contributed by atoms with Crippen LogP contribution in [0.2, 0.25) is 0 Å². The van der Waals surface area contributed by atoms with Gasteiger partial charge in [-0.15, -0.1) is 0 Å². The summed E-state index contributed by atoms with van der Waals surface area (Å²) in [6, 6.07) is 2.32. The Bertz CT molecular complexity index is 410. The number of hydrogen-bond donors (Lipinski definition) is 1. The first-order chi connectivity index (χ1) is 8.70. The number of thioether (sulfide) groups is 1. The van der Waals surface area contributed by atoms with E-state index in [0.717, 1.165) is 11.5 Å². The van der Waals surface area contributed by atoms with Gasteiger partial charge in [-0.25, -0.2) is 4.79 Å². The van der Waals surface area contributed by atoms with E-state index < -0.39 is 0 Å². The summed E-state index contributed by atoms with van der Waals surface area (Å²) < 4.78 is 10.3. The molecule has 18 heavy (non-hydrogen) atoms. The zero-order chi connectivity index (χ0) is 13.0. The largest absolute Gasteiger partial charge is 0.465 e. The molecule has 5 heteroatoms. The van der Waals surface area contributed by atoms with Crippen LogP contribution >= 0.6 is 11.8 Å². The molecule has 1 fully saturated rings. The summed E-state index contributed by atoms with van der Waals surface area (Å²) in [6.45, 7) is 2.45. The van der Waals surface area contributed by atoms with Gasteiger partial charge in [-0.1, -0.05) is 0 Å². The van der Waals surface area contributed by atoms with Crippen LogP contribution in [0.15, 0.2) is 10.5 Å². The molecule has 100 valence electrons. The molecule has 0 aliphatic carbocycles. The van der Waals surface area contributed by atoms with Crippen LogP contribution in [0.4, 0.5) is 0 Å². The molecule has 2 rings (SSSR count). The van der Waals surface area contributed by atoms with Crippen LogP contribution in [0.3, 0.4) is 0 Å². The number of carbonyl (C=O) groups is 1. The normalized spacial score (nSPS) is 19.8. The summed E-state index contributed by atoms with van der Waals surface area (Å²) in [5, 5.41) is 3.47. The summed E-state index contributed by atoms with van der Waals surface area (Å²) in [4.78, 5) is 11.4. The van der Waals surface area contributed by atoms with E-state index in [4.69, 9.17) is 9.15 Å². The zero-order valence-electron chi connectivity index (χ0n) is 10.8. The summed E-state index contributed by atoms with van der Waals surface area (Å²) >= 11 is 1.99. The molecule has 1 aliphatic heterocycles. The molecule has 1 N–H and O–H groups in total. The first-order valence-corrected chi connectivity index (χ1v) is 7.35. The van der Waals surface area contributed by atoms with Crippen molar-refractivity contribution in [3.8, 4) is 0 Å². The Kier molecular flexibility index (Phi) is 4.72. The average Bonchev–Trinajstić information content (AvgIpc) is 2.78. The molecule has 4 nitrogen and oxygen atoms in total. The number of rotatable bonds is 4. The molecule has 0 radical (unpaired) electrons. The molecule has 0 bridgehead atoms. The van der Waals surface area contributed by atoms with Gasteiger partial charge in [0.05, 0.1) is 13.7 Å². The third-order valence-corrected chi connectivity index (χ3v) is 4.31. The van der Waals surface area contributed by atoms with Crippen molar-refractivity contribution in [1.82, 2.24) is 5.32 Å². The summed E-state index contributed by atoms with van der Waals surface area (Å²) in [6.07, 6.45) is 2.49. The van der Waals surface area contributed by atoms with Crippen molar-refractivity contribution in [2.24, 2.45) is 0 Å². The smallest absolute Gasteiger partial charge is 0.341 e. The number of aryl methyl sites for hydroxylation is 1. The number of nitrogens with one attached hydrogen (secondary N) is 1. The molecular weight excluding hydrogens is 250 g/mol. The van der Waals surface area contributed by atoms with Crippen LogP contribution in [0.1, 0.15) is 34.7 Å². The van der Waals surface area contributed by atoms with Crippen LogP contribution in [0, 0.1) is 6.92 Å². The highest BCUT2D eigenvalue weighted by Crippen LogP contribution is 2.19. The molecule has 2 heterocycles. The fourth-order valence-electron chi connectivity index (χ4n) is 2.09. The second-order valence-electron chi connectivity index (χ2n) is 4.47. The Morgan fingerprint density at radius 1 is 1.67 bits per heavy atom. The van der Waals surface area contributed by atoms with Crippen LogP contribution in [-0.4, -0.2) is 30.6 Å². The lowest BCUT2D eigenvalue weighted by Crippen LogP contribution is -2.33. The Labute approximate surface area is 111 Å². The minimum atomic E-state index is -0.337. The highest BCUT2D eigenvalue weighted by Gasteiger charge is 2.17. The van der Waals surface area contributed by atoms with Crippen molar-refractivity contribution in [1.29, 1.82) is 0 Å². The van der Waals surface area contributed by atoms with Gasteiger partial charge < -0.3 is 14.5 Å². The lowest BCUT2D eigenvalue weighted by Gasteiger charge is -2.21. The van der Waals surface area contributed by atoms with E-state index in [1.54, 1.807) is 13.0 Å². The first kappa shape index (κ1) is 13.5. The van der Waals surface area contributed by atoms with Gasteiger partial charge in [0.15, 0.2) is 0 Å². The second-order valence-corrected chi connectivity index (χ2v) is 5.62. The molecule has 0 aromatic carbocycles. The van der Waals surface area contributed by atoms with E-state index in [1.807, 2.05) is 11.8 Å². The van der Waals surface area contributed by atoms with E-state index in [-0.39, 0.29) is 5.97 Å².